The highest BCUT2D eigenvalue weighted by molar-refractivity contribution is 7.92. The quantitative estimate of drug-likeness (QED) is 0.937. The molecular weight excluding hydrogens is 278 g/mol. The zero-order valence-electron chi connectivity index (χ0n) is 10.7. The molecule has 0 aromatic heterocycles. The molecule has 6 heteroatoms. The first-order valence-corrected chi connectivity index (χ1v) is 7.24. The highest BCUT2D eigenvalue weighted by atomic mass is 32.2. The van der Waals surface area contributed by atoms with Crippen molar-refractivity contribution in [1.82, 2.24) is 0 Å². The van der Waals surface area contributed by atoms with Gasteiger partial charge in [-0.1, -0.05) is 24.3 Å². The van der Waals surface area contributed by atoms with Gasteiger partial charge in [0.05, 0.1) is 16.1 Å². The van der Waals surface area contributed by atoms with Gasteiger partial charge in [0, 0.05) is 7.05 Å². The average molecular weight is 291 g/mol. The van der Waals surface area contributed by atoms with Crippen LogP contribution in [0.5, 0.6) is 0 Å². The number of anilines is 1. The fourth-order valence-electron chi connectivity index (χ4n) is 1.72. The number of carboxylic acid groups (broad SMARTS) is 1. The van der Waals surface area contributed by atoms with Crippen LogP contribution in [0.1, 0.15) is 10.4 Å². The number of nitrogens with zero attached hydrogens (tertiary/aromatic N) is 1. The van der Waals surface area contributed by atoms with Gasteiger partial charge in [-0.2, -0.15) is 0 Å². The normalized spacial score (nSPS) is 11.1. The van der Waals surface area contributed by atoms with Gasteiger partial charge in [0.25, 0.3) is 10.0 Å². The summed E-state index contributed by atoms with van der Waals surface area (Å²) in [6, 6.07) is 13.9. The average Bonchev–Trinajstić information content (AvgIpc) is 2.47. The lowest BCUT2D eigenvalue weighted by Crippen LogP contribution is -2.26. The van der Waals surface area contributed by atoms with Crippen LogP contribution in [0.15, 0.2) is 59.5 Å². The molecule has 0 saturated carbocycles. The zero-order valence-corrected chi connectivity index (χ0v) is 11.5. The van der Waals surface area contributed by atoms with E-state index in [-0.39, 0.29) is 10.5 Å². The molecule has 0 radical (unpaired) electrons. The molecule has 0 aliphatic rings. The second-order valence-corrected chi connectivity index (χ2v) is 6.11. The maximum atomic E-state index is 12.4. The number of rotatable bonds is 4. The molecule has 0 aliphatic heterocycles. The zero-order chi connectivity index (χ0) is 14.8. The third-order valence-corrected chi connectivity index (χ3v) is 4.64. The third kappa shape index (κ3) is 2.65. The summed E-state index contributed by atoms with van der Waals surface area (Å²) >= 11 is 0. The van der Waals surface area contributed by atoms with E-state index < -0.39 is 16.0 Å². The molecule has 0 amide bonds. The number of hydrogen-bond donors (Lipinski definition) is 1. The molecule has 0 fully saturated rings. The molecule has 5 nitrogen and oxygen atoms in total. The van der Waals surface area contributed by atoms with Crippen molar-refractivity contribution in [2.75, 3.05) is 11.4 Å². The number of hydrogen-bond acceptors (Lipinski definition) is 3. The Morgan fingerprint density at radius 3 is 2.30 bits per heavy atom. The predicted octanol–water partition coefficient (Wildman–Crippen LogP) is 2.21. The van der Waals surface area contributed by atoms with Gasteiger partial charge in [0.15, 0.2) is 0 Å². The first-order valence-electron chi connectivity index (χ1n) is 5.80. The Kier molecular flexibility index (Phi) is 3.76. The number of carbonyl (C=O) groups is 1. The van der Waals surface area contributed by atoms with E-state index >= 15 is 0 Å². The van der Waals surface area contributed by atoms with E-state index in [1.54, 1.807) is 30.3 Å². The lowest BCUT2D eigenvalue weighted by atomic mass is 10.2. The van der Waals surface area contributed by atoms with Crippen molar-refractivity contribution in [3.05, 3.63) is 60.2 Å². The Hall–Kier alpha value is -2.34. The first kappa shape index (κ1) is 14.1. The van der Waals surface area contributed by atoms with Crippen LogP contribution >= 0.6 is 0 Å². The molecule has 104 valence electrons. The van der Waals surface area contributed by atoms with Crippen LogP contribution in [0.25, 0.3) is 0 Å². The minimum absolute atomic E-state index is 0.0521. The number of benzene rings is 2. The molecule has 0 atom stereocenters. The smallest absolute Gasteiger partial charge is 0.335 e. The standard InChI is InChI=1S/C14H13NO4S/c1-15(12-7-3-2-4-8-12)20(18,19)13-9-5-6-11(10-13)14(16)17/h2-10H,1H3,(H,16,17). The second kappa shape index (κ2) is 5.34. The Balaban J connectivity index is 2.45. The predicted molar refractivity (Wildman–Crippen MR) is 75.4 cm³/mol. The molecule has 1 N–H and O–H groups in total. The Morgan fingerprint density at radius 2 is 1.70 bits per heavy atom. The number of aromatic carboxylic acids is 1. The van der Waals surface area contributed by atoms with Gasteiger partial charge in [-0.05, 0) is 30.3 Å². The summed E-state index contributed by atoms with van der Waals surface area (Å²) in [6.07, 6.45) is 0. The Morgan fingerprint density at radius 1 is 1.05 bits per heavy atom. The maximum Gasteiger partial charge on any atom is 0.335 e. The van der Waals surface area contributed by atoms with Crippen molar-refractivity contribution in [2.45, 2.75) is 4.90 Å². The van der Waals surface area contributed by atoms with Crippen molar-refractivity contribution >= 4 is 21.7 Å². The topological polar surface area (TPSA) is 74.7 Å². The Labute approximate surface area is 117 Å². The summed E-state index contributed by atoms with van der Waals surface area (Å²) in [5.74, 6) is -1.16. The van der Waals surface area contributed by atoms with E-state index in [4.69, 9.17) is 5.11 Å². The van der Waals surface area contributed by atoms with E-state index in [1.807, 2.05) is 0 Å². The van der Waals surface area contributed by atoms with E-state index in [1.165, 1.54) is 25.2 Å². The van der Waals surface area contributed by atoms with Crippen LogP contribution in [-0.2, 0) is 10.0 Å². The summed E-state index contributed by atoms with van der Waals surface area (Å²) in [7, 11) is -2.35. The van der Waals surface area contributed by atoms with Crippen molar-refractivity contribution in [2.24, 2.45) is 0 Å². The van der Waals surface area contributed by atoms with Gasteiger partial charge in [-0.25, -0.2) is 13.2 Å². The number of sulfonamides is 1. The van der Waals surface area contributed by atoms with E-state index in [0.717, 1.165) is 10.4 Å². The van der Waals surface area contributed by atoms with Crippen LogP contribution in [0.3, 0.4) is 0 Å². The fourth-order valence-corrected chi connectivity index (χ4v) is 2.97. The molecule has 0 spiro atoms. The van der Waals surface area contributed by atoms with Gasteiger partial charge in [0.1, 0.15) is 0 Å². The molecule has 20 heavy (non-hydrogen) atoms. The van der Waals surface area contributed by atoms with E-state index in [0.29, 0.717) is 5.69 Å². The monoisotopic (exact) mass is 291 g/mol. The first-order chi connectivity index (χ1) is 9.43. The fraction of sp³-hybridized carbons (Fsp3) is 0.0714. The lowest BCUT2D eigenvalue weighted by Gasteiger charge is -2.19. The van der Waals surface area contributed by atoms with Crippen molar-refractivity contribution in [3.8, 4) is 0 Å². The van der Waals surface area contributed by atoms with Gasteiger partial charge < -0.3 is 5.11 Å². The summed E-state index contributed by atoms with van der Waals surface area (Å²) < 4.78 is 26.0. The van der Waals surface area contributed by atoms with Crippen molar-refractivity contribution < 1.29 is 18.3 Å². The van der Waals surface area contributed by atoms with Crippen LogP contribution in [0, 0.1) is 0 Å². The maximum absolute atomic E-state index is 12.4. The molecule has 0 aliphatic carbocycles. The largest absolute Gasteiger partial charge is 0.478 e. The highest BCUT2D eigenvalue weighted by Crippen LogP contribution is 2.22. The molecule has 0 bridgehead atoms. The minimum Gasteiger partial charge on any atom is -0.478 e. The SMILES string of the molecule is CN(c1ccccc1)S(=O)(=O)c1cccc(C(=O)O)c1. The third-order valence-electron chi connectivity index (χ3n) is 2.86. The summed E-state index contributed by atoms with van der Waals surface area (Å²) in [5.41, 5.74) is 0.445. The minimum atomic E-state index is -3.78. The highest BCUT2D eigenvalue weighted by Gasteiger charge is 2.22. The second-order valence-electron chi connectivity index (χ2n) is 4.14. The van der Waals surface area contributed by atoms with Gasteiger partial charge in [0.2, 0.25) is 0 Å². The summed E-state index contributed by atoms with van der Waals surface area (Å²) in [6.45, 7) is 0. The molecule has 0 heterocycles. The molecule has 2 aromatic carbocycles. The summed E-state index contributed by atoms with van der Waals surface area (Å²) in [4.78, 5) is 10.9. The van der Waals surface area contributed by atoms with Crippen LogP contribution in [-0.4, -0.2) is 26.5 Å². The Bertz CT molecular complexity index is 726. The lowest BCUT2D eigenvalue weighted by molar-refractivity contribution is 0.0696. The van der Waals surface area contributed by atoms with Crippen LogP contribution < -0.4 is 4.31 Å². The van der Waals surface area contributed by atoms with Gasteiger partial charge in [-0.3, -0.25) is 4.31 Å². The van der Waals surface area contributed by atoms with Crippen molar-refractivity contribution in [3.63, 3.8) is 0 Å². The molecule has 0 saturated heterocycles. The summed E-state index contributed by atoms with van der Waals surface area (Å²) in [5, 5.41) is 8.92. The number of carboxylic acids is 1. The van der Waals surface area contributed by atoms with Gasteiger partial charge in [-0.15, -0.1) is 0 Å². The van der Waals surface area contributed by atoms with E-state index in [9.17, 15) is 13.2 Å². The molecule has 0 unspecified atom stereocenters. The number of para-hydroxylation sites is 1. The van der Waals surface area contributed by atoms with E-state index in [2.05, 4.69) is 0 Å². The molecule has 2 rings (SSSR count). The van der Waals surface area contributed by atoms with Gasteiger partial charge >= 0.3 is 5.97 Å². The molecular formula is C14H13NO4S. The molecule has 2 aromatic rings. The van der Waals surface area contributed by atoms with Crippen molar-refractivity contribution in [1.29, 1.82) is 0 Å². The van der Waals surface area contributed by atoms with Crippen LogP contribution in [0.4, 0.5) is 5.69 Å². The van der Waals surface area contributed by atoms with Crippen LogP contribution in [0.2, 0.25) is 0 Å².